The fraction of sp³-hybridized carbons (Fsp3) is 0.585. The van der Waals surface area contributed by atoms with E-state index >= 15 is 8.78 Å². The van der Waals surface area contributed by atoms with Crippen LogP contribution in [0.1, 0.15) is 85.0 Å². The lowest BCUT2D eigenvalue weighted by Crippen LogP contribution is -2.57. The van der Waals surface area contributed by atoms with Crippen molar-refractivity contribution in [3.8, 4) is 28.9 Å². The van der Waals surface area contributed by atoms with Gasteiger partial charge in [-0.1, -0.05) is 18.6 Å². The molecule has 2 aromatic carbocycles. The fourth-order valence-corrected chi connectivity index (χ4v) is 10.1. The summed E-state index contributed by atoms with van der Waals surface area (Å²) in [7, 11) is 1.44. The minimum Gasteiger partial charge on any atom is -0.508 e. The third kappa shape index (κ3) is 6.76. The van der Waals surface area contributed by atoms with E-state index in [0.717, 1.165) is 64.3 Å². The molecule has 3 aliphatic heterocycles. The number of aromatic nitrogens is 3. The van der Waals surface area contributed by atoms with Crippen LogP contribution in [0.3, 0.4) is 0 Å². The van der Waals surface area contributed by atoms with Crippen molar-refractivity contribution in [3.63, 3.8) is 0 Å². The first kappa shape index (κ1) is 36.1. The molecule has 1 saturated carbocycles. The summed E-state index contributed by atoms with van der Waals surface area (Å²) in [5, 5.41) is 22.7. The van der Waals surface area contributed by atoms with Crippen molar-refractivity contribution in [2.24, 2.45) is 5.41 Å². The number of phenolic OH excluding ortho intramolecular Hbond substituents is 1. The molecule has 0 bridgehead atoms. The van der Waals surface area contributed by atoms with E-state index in [1.54, 1.807) is 13.0 Å². The smallest absolute Gasteiger partial charge is 0.319 e. The SMILES string of the molecule is COc1nc(-c2cc(O)cc3cccc(F)c23)c(F)c2nc(OC[C@]34CCC[C@H]3N(C3C[C@@H](C)O[C@@H](C)C3)CCC4)nc(N3CCCCC(C)(O)C3)c12. The zero-order chi connectivity index (χ0) is 37.1. The molecule has 0 amide bonds. The molecule has 2 unspecified atom stereocenters. The zero-order valence-corrected chi connectivity index (χ0v) is 31.2. The normalized spacial score (nSPS) is 29.7. The van der Waals surface area contributed by atoms with Crippen molar-refractivity contribution in [3.05, 3.63) is 42.0 Å². The zero-order valence-electron chi connectivity index (χ0n) is 31.2. The van der Waals surface area contributed by atoms with Gasteiger partial charge in [0.25, 0.3) is 0 Å². The van der Waals surface area contributed by atoms with Crippen LogP contribution in [0.25, 0.3) is 32.9 Å². The molecule has 2 N–H and O–H groups in total. The number of β-amino-alcohol motifs (C(OH)–C–C–N with tert-alkyl or cyclic N) is 1. The molecule has 3 saturated heterocycles. The van der Waals surface area contributed by atoms with Crippen LogP contribution in [0, 0.1) is 17.0 Å². The van der Waals surface area contributed by atoms with Crippen LogP contribution >= 0.6 is 0 Å². The van der Waals surface area contributed by atoms with Gasteiger partial charge in [-0.25, -0.2) is 13.8 Å². The number of aromatic hydroxyl groups is 1. The summed E-state index contributed by atoms with van der Waals surface area (Å²) >= 11 is 0. The minimum atomic E-state index is -1.01. The lowest BCUT2D eigenvalue weighted by Gasteiger charge is -2.51. The predicted octanol–water partition coefficient (Wildman–Crippen LogP) is 7.55. The number of methoxy groups -OCH3 is 1. The average Bonchev–Trinajstić information content (AvgIpc) is 3.47. The van der Waals surface area contributed by atoms with Gasteiger partial charge in [-0.05, 0) is 109 Å². The molecule has 0 spiro atoms. The monoisotopic (exact) mass is 731 g/mol. The number of likely N-dealkylation sites (tertiary alicyclic amines) is 1. The van der Waals surface area contributed by atoms with E-state index in [4.69, 9.17) is 24.2 Å². The number of piperidine rings is 1. The number of aliphatic hydroxyl groups is 1. The maximum Gasteiger partial charge on any atom is 0.319 e. The number of rotatable bonds is 7. The molecule has 1 aliphatic carbocycles. The molecule has 4 aromatic rings. The number of pyridine rings is 1. The first-order valence-electron chi connectivity index (χ1n) is 19.3. The van der Waals surface area contributed by atoms with Crippen molar-refractivity contribution >= 4 is 27.5 Å². The Kier molecular flexibility index (Phi) is 9.60. The van der Waals surface area contributed by atoms with E-state index in [9.17, 15) is 10.2 Å². The number of hydrogen-bond donors (Lipinski definition) is 2. The second kappa shape index (κ2) is 14.1. The van der Waals surface area contributed by atoms with E-state index in [-0.39, 0.29) is 69.4 Å². The standard InChI is InChI=1S/C41H51F2N5O5/c1-24-18-27(19-25(2)53-24)48-17-9-15-41(14-8-12-31(41)48)23-52-39-45-36-33(37(46-39)47-16-6-5-13-40(3,50)22-47)38(51-4)44-35(34(36)43)29-21-28(49)20-26-10-7-11-30(42)32(26)29/h7,10-11,20-21,24-25,27,31,49-50H,5-6,8-9,12-19,22-23H2,1-4H3/t24-,25+,27?,31-,40?,41-/m1/s1. The highest BCUT2D eigenvalue weighted by Crippen LogP contribution is 2.50. The summed E-state index contributed by atoms with van der Waals surface area (Å²) in [5.41, 5.74) is -1.32. The number of ether oxygens (including phenoxy) is 3. The van der Waals surface area contributed by atoms with Gasteiger partial charge in [-0.3, -0.25) is 4.90 Å². The Morgan fingerprint density at radius 3 is 2.55 bits per heavy atom. The number of halogens is 2. The van der Waals surface area contributed by atoms with Crippen LogP contribution in [-0.2, 0) is 4.74 Å². The molecule has 53 heavy (non-hydrogen) atoms. The lowest BCUT2D eigenvalue weighted by molar-refractivity contribution is -0.0967. The van der Waals surface area contributed by atoms with Gasteiger partial charge in [0.2, 0.25) is 5.88 Å². The van der Waals surface area contributed by atoms with Gasteiger partial charge in [0.1, 0.15) is 34.0 Å². The Balaban J connectivity index is 1.23. The van der Waals surface area contributed by atoms with E-state index in [2.05, 4.69) is 23.7 Å². The molecule has 4 fully saturated rings. The molecule has 284 valence electrons. The summed E-state index contributed by atoms with van der Waals surface area (Å²) in [5.74, 6) is -1.13. The summed E-state index contributed by atoms with van der Waals surface area (Å²) < 4.78 is 51.1. The molecule has 8 rings (SSSR count). The molecule has 6 atom stereocenters. The van der Waals surface area contributed by atoms with Gasteiger partial charge in [0, 0.05) is 41.5 Å². The molecule has 2 aromatic heterocycles. The lowest BCUT2D eigenvalue weighted by atomic mass is 9.74. The highest BCUT2D eigenvalue weighted by atomic mass is 19.1. The van der Waals surface area contributed by atoms with Crippen LogP contribution in [-0.4, -0.2) is 93.3 Å². The maximum atomic E-state index is 17.2. The molecular weight excluding hydrogens is 680 g/mol. The number of nitrogens with zero attached hydrogens (tertiary/aromatic N) is 5. The summed E-state index contributed by atoms with van der Waals surface area (Å²) in [6.07, 6.45) is 10.1. The van der Waals surface area contributed by atoms with Gasteiger partial charge in [0.15, 0.2) is 5.82 Å². The molecule has 10 nitrogen and oxygen atoms in total. The average molecular weight is 732 g/mol. The highest BCUT2D eigenvalue weighted by molar-refractivity contribution is 6.02. The molecule has 4 aliphatic rings. The summed E-state index contributed by atoms with van der Waals surface area (Å²) in [4.78, 5) is 18.9. The van der Waals surface area contributed by atoms with E-state index < -0.39 is 17.2 Å². The topological polar surface area (TPSA) is 113 Å². The Morgan fingerprint density at radius 1 is 0.962 bits per heavy atom. The van der Waals surface area contributed by atoms with Gasteiger partial charge < -0.3 is 29.3 Å². The van der Waals surface area contributed by atoms with Crippen molar-refractivity contribution in [2.45, 2.75) is 115 Å². The van der Waals surface area contributed by atoms with Crippen LogP contribution in [0.2, 0.25) is 0 Å². The Morgan fingerprint density at radius 2 is 1.75 bits per heavy atom. The first-order chi connectivity index (χ1) is 25.4. The molecule has 0 radical (unpaired) electrons. The van der Waals surface area contributed by atoms with Crippen molar-refractivity contribution in [1.82, 2.24) is 19.9 Å². The first-order valence-corrected chi connectivity index (χ1v) is 19.3. The Hall–Kier alpha value is -3.87. The van der Waals surface area contributed by atoms with Crippen LogP contribution in [0.5, 0.6) is 17.6 Å². The maximum absolute atomic E-state index is 17.2. The van der Waals surface area contributed by atoms with Gasteiger partial charge in [0.05, 0.1) is 31.5 Å². The summed E-state index contributed by atoms with van der Waals surface area (Å²) in [6, 6.07) is 8.08. The fourth-order valence-electron chi connectivity index (χ4n) is 10.1. The third-order valence-electron chi connectivity index (χ3n) is 12.3. The predicted molar refractivity (Wildman–Crippen MR) is 200 cm³/mol. The number of hydrogen-bond acceptors (Lipinski definition) is 10. The quantitative estimate of drug-likeness (QED) is 0.198. The largest absolute Gasteiger partial charge is 0.508 e. The van der Waals surface area contributed by atoms with Crippen molar-refractivity contribution in [2.75, 3.05) is 38.3 Å². The number of fused-ring (bicyclic) bond motifs is 3. The second-order valence-electron chi connectivity index (χ2n) is 16.3. The van der Waals surface area contributed by atoms with Crippen molar-refractivity contribution < 1.29 is 33.2 Å². The minimum absolute atomic E-state index is 0.0342. The number of benzene rings is 2. The van der Waals surface area contributed by atoms with Crippen LogP contribution in [0.15, 0.2) is 30.3 Å². The highest BCUT2D eigenvalue weighted by Gasteiger charge is 2.51. The van der Waals surface area contributed by atoms with Gasteiger partial charge in [-0.2, -0.15) is 9.97 Å². The van der Waals surface area contributed by atoms with E-state index in [1.807, 2.05) is 4.90 Å². The Bertz CT molecular complexity index is 2000. The third-order valence-corrected chi connectivity index (χ3v) is 12.3. The molecule has 5 heterocycles. The molecule has 12 heteroatoms. The number of anilines is 1. The van der Waals surface area contributed by atoms with Gasteiger partial charge >= 0.3 is 6.01 Å². The van der Waals surface area contributed by atoms with Crippen LogP contribution in [0.4, 0.5) is 14.6 Å². The van der Waals surface area contributed by atoms with E-state index in [0.29, 0.717) is 42.9 Å². The van der Waals surface area contributed by atoms with Crippen LogP contribution < -0.4 is 14.4 Å². The van der Waals surface area contributed by atoms with E-state index in [1.165, 1.54) is 31.4 Å². The van der Waals surface area contributed by atoms with Crippen molar-refractivity contribution in [1.29, 1.82) is 0 Å². The Labute approximate surface area is 309 Å². The second-order valence-corrected chi connectivity index (χ2v) is 16.3. The summed E-state index contributed by atoms with van der Waals surface area (Å²) in [6.45, 7) is 8.43. The van der Waals surface area contributed by atoms with Gasteiger partial charge in [-0.15, -0.1) is 0 Å². The molecular formula is C41H51F2N5O5. The number of phenols is 1.